The molecule has 82 valence electrons. The van der Waals surface area contributed by atoms with Gasteiger partial charge in [0.2, 0.25) is 0 Å². The van der Waals surface area contributed by atoms with Crippen LogP contribution in [0.25, 0.3) is 0 Å². The van der Waals surface area contributed by atoms with Gasteiger partial charge in [-0.25, -0.2) is 0 Å². The van der Waals surface area contributed by atoms with Gasteiger partial charge in [-0.2, -0.15) is 0 Å². The van der Waals surface area contributed by atoms with Gasteiger partial charge in [0.25, 0.3) is 0 Å². The molecule has 1 aromatic carbocycles. The number of carbonyl (C=O) groups excluding carboxylic acids is 1. The van der Waals surface area contributed by atoms with E-state index in [4.69, 9.17) is 4.74 Å². The third-order valence-electron chi connectivity index (χ3n) is 1.74. The smallest absolute Gasteiger partial charge is 0.768 e. The summed E-state index contributed by atoms with van der Waals surface area (Å²) in [5, 5.41) is 0. The maximum absolute atomic E-state index is 11.1. The molecule has 0 saturated carbocycles. The summed E-state index contributed by atoms with van der Waals surface area (Å²) >= 11 is -2.26. The number of hydrogen-bond acceptors (Lipinski definition) is 4. The number of esters is 1. The van der Waals surface area contributed by atoms with Crippen molar-refractivity contribution in [3.63, 3.8) is 0 Å². The van der Waals surface area contributed by atoms with E-state index in [2.05, 4.69) is 0 Å². The number of hydrogen-bond donors (Lipinski definition) is 0. The third kappa shape index (κ3) is 5.23. The van der Waals surface area contributed by atoms with Crippen molar-refractivity contribution in [2.75, 3.05) is 6.61 Å². The molecule has 1 unspecified atom stereocenters. The van der Waals surface area contributed by atoms with Crippen LogP contribution in [0.2, 0.25) is 0 Å². The van der Waals surface area contributed by atoms with Crippen molar-refractivity contribution >= 4 is 17.0 Å². The molecule has 1 atom stereocenters. The molecule has 1 rings (SSSR count). The largest absolute Gasteiger partial charge is 1.00 e. The molecule has 0 heterocycles. The van der Waals surface area contributed by atoms with Crippen LogP contribution < -0.4 is 29.6 Å². The quantitative estimate of drug-likeness (QED) is 0.353. The summed E-state index contributed by atoms with van der Waals surface area (Å²) in [7, 11) is 0. The summed E-state index contributed by atoms with van der Waals surface area (Å²) in [6.07, 6.45) is 0.0961. The van der Waals surface area contributed by atoms with Crippen molar-refractivity contribution in [1.29, 1.82) is 0 Å². The van der Waals surface area contributed by atoms with E-state index in [0.717, 1.165) is 0 Å². The Morgan fingerprint density at radius 2 is 2.19 bits per heavy atom. The van der Waals surface area contributed by atoms with Crippen LogP contribution in [0, 0.1) is 0 Å². The predicted octanol–water partition coefficient (Wildman–Crippen LogP) is -1.97. The Hall–Kier alpha value is -0.200. The van der Waals surface area contributed by atoms with Crippen LogP contribution in [0.3, 0.4) is 0 Å². The standard InChI is InChI=1S/C10H12O4S.Na/c1-2-14-10(11)7-8-4-3-5-9(6-8)15(12)13;/h3-6H,2,7H2,1H3,(H,12,13);/q;+1/p-1. The van der Waals surface area contributed by atoms with Crippen LogP contribution in [0.15, 0.2) is 29.2 Å². The van der Waals surface area contributed by atoms with Gasteiger partial charge in [-0.05, 0) is 35.7 Å². The third-order valence-corrected chi connectivity index (χ3v) is 2.38. The van der Waals surface area contributed by atoms with Gasteiger partial charge in [0, 0.05) is 4.90 Å². The zero-order valence-electron chi connectivity index (χ0n) is 9.26. The van der Waals surface area contributed by atoms with Crippen LogP contribution in [0.1, 0.15) is 12.5 Å². The molecule has 0 bridgehead atoms. The summed E-state index contributed by atoms with van der Waals surface area (Å²) < 4.78 is 26.1. The molecule has 0 radical (unpaired) electrons. The molecule has 0 spiro atoms. The van der Waals surface area contributed by atoms with E-state index in [1.54, 1.807) is 19.1 Å². The van der Waals surface area contributed by atoms with E-state index in [0.29, 0.717) is 12.2 Å². The summed E-state index contributed by atoms with van der Waals surface area (Å²) in [6, 6.07) is 6.21. The van der Waals surface area contributed by atoms with Gasteiger partial charge in [-0.1, -0.05) is 12.1 Å². The van der Waals surface area contributed by atoms with Crippen LogP contribution in [0.4, 0.5) is 0 Å². The second-order valence-corrected chi connectivity index (χ2v) is 3.80. The molecule has 0 aromatic heterocycles. The van der Waals surface area contributed by atoms with Gasteiger partial charge in [-0.3, -0.25) is 9.00 Å². The van der Waals surface area contributed by atoms with Crippen molar-refractivity contribution in [1.82, 2.24) is 0 Å². The van der Waals surface area contributed by atoms with Crippen molar-refractivity contribution in [3.05, 3.63) is 29.8 Å². The second-order valence-electron chi connectivity index (χ2n) is 2.86. The fourth-order valence-corrected chi connectivity index (χ4v) is 1.58. The molecule has 4 nitrogen and oxygen atoms in total. The molecule has 0 N–H and O–H groups in total. The molecule has 0 fully saturated rings. The summed E-state index contributed by atoms with van der Waals surface area (Å²) in [4.78, 5) is 11.3. The van der Waals surface area contributed by atoms with Crippen molar-refractivity contribution < 1.29 is 47.9 Å². The Morgan fingerprint density at radius 3 is 2.75 bits per heavy atom. The number of rotatable bonds is 4. The van der Waals surface area contributed by atoms with E-state index in [1.165, 1.54) is 12.1 Å². The van der Waals surface area contributed by atoms with Crippen LogP contribution in [-0.4, -0.2) is 21.3 Å². The zero-order chi connectivity index (χ0) is 11.3. The van der Waals surface area contributed by atoms with Gasteiger partial charge in [0.1, 0.15) is 0 Å². The van der Waals surface area contributed by atoms with E-state index >= 15 is 0 Å². The van der Waals surface area contributed by atoms with Crippen molar-refractivity contribution in [2.24, 2.45) is 0 Å². The van der Waals surface area contributed by atoms with Gasteiger partial charge < -0.3 is 9.29 Å². The minimum absolute atomic E-state index is 0. The molecule has 16 heavy (non-hydrogen) atoms. The topological polar surface area (TPSA) is 66.4 Å². The van der Waals surface area contributed by atoms with Gasteiger partial charge in [0.15, 0.2) is 0 Å². The maximum atomic E-state index is 11.1. The van der Waals surface area contributed by atoms with Crippen LogP contribution in [-0.2, 0) is 27.0 Å². The zero-order valence-corrected chi connectivity index (χ0v) is 12.1. The van der Waals surface area contributed by atoms with Gasteiger partial charge in [0.05, 0.1) is 13.0 Å². The number of ether oxygens (including phenoxy) is 1. The molecule has 0 aliphatic heterocycles. The Balaban J connectivity index is 0.00000225. The monoisotopic (exact) mass is 250 g/mol. The van der Waals surface area contributed by atoms with Crippen LogP contribution >= 0.6 is 0 Å². The Kier molecular flexibility index (Phi) is 7.87. The van der Waals surface area contributed by atoms with E-state index < -0.39 is 11.1 Å². The first kappa shape index (κ1) is 15.8. The summed E-state index contributed by atoms with van der Waals surface area (Å²) in [5.74, 6) is -0.355. The average molecular weight is 250 g/mol. The average Bonchev–Trinajstić information content (AvgIpc) is 2.18. The maximum Gasteiger partial charge on any atom is 1.00 e. The molecule has 1 aromatic rings. The number of carbonyl (C=O) groups is 1. The minimum Gasteiger partial charge on any atom is -0.768 e. The van der Waals surface area contributed by atoms with Crippen molar-refractivity contribution in [2.45, 2.75) is 18.2 Å². The first-order valence-corrected chi connectivity index (χ1v) is 5.54. The second kappa shape index (κ2) is 7.97. The van der Waals surface area contributed by atoms with E-state index in [-0.39, 0.29) is 46.8 Å². The normalized spacial score (nSPS) is 11.4. The predicted molar refractivity (Wildman–Crippen MR) is 54.0 cm³/mol. The fourth-order valence-electron chi connectivity index (χ4n) is 1.14. The van der Waals surface area contributed by atoms with Crippen LogP contribution in [0.5, 0.6) is 0 Å². The summed E-state index contributed by atoms with van der Waals surface area (Å²) in [6.45, 7) is 2.05. The minimum atomic E-state index is -2.26. The molecule has 6 heteroatoms. The molecule has 0 saturated heterocycles. The Morgan fingerprint density at radius 1 is 1.50 bits per heavy atom. The first-order chi connectivity index (χ1) is 7.13. The fraction of sp³-hybridized carbons (Fsp3) is 0.300. The molecule has 0 aliphatic rings. The molecular weight excluding hydrogens is 239 g/mol. The molecular formula is C10H11NaO4S. The van der Waals surface area contributed by atoms with E-state index in [9.17, 15) is 13.6 Å². The molecule has 0 amide bonds. The Labute approximate surface area is 119 Å². The number of benzene rings is 1. The van der Waals surface area contributed by atoms with Gasteiger partial charge in [-0.15, -0.1) is 0 Å². The SMILES string of the molecule is CCOC(=O)Cc1cccc(S(=O)[O-])c1.[Na+]. The van der Waals surface area contributed by atoms with Crippen molar-refractivity contribution in [3.8, 4) is 0 Å². The van der Waals surface area contributed by atoms with E-state index in [1.807, 2.05) is 0 Å². The summed E-state index contributed by atoms with van der Waals surface area (Å²) in [5.41, 5.74) is 0.634. The van der Waals surface area contributed by atoms with Gasteiger partial charge >= 0.3 is 35.5 Å². The first-order valence-electron chi connectivity index (χ1n) is 4.47. The Bertz CT molecular complexity index is 381. The molecule has 0 aliphatic carbocycles.